The average Bonchev–Trinajstić information content (AvgIpc) is 2.83. The predicted octanol–water partition coefficient (Wildman–Crippen LogP) is 4.37. The molecule has 0 atom stereocenters. The molecule has 0 amide bonds. The zero-order valence-electron chi connectivity index (χ0n) is 9.97. The highest BCUT2D eigenvalue weighted by atomic mass is 35.5. The molecule has 4 heteroatoms. The third-order valence-corrected chi connectivity index (χ3v) is 3.19. The summed E-state index contributed by atoms with van der Waals surface area (Å²) >= 11 is 6.02. The third kappa shape index (κ3) is 2.25. The molecule has 3 nitrogen and oxygen atoms in total. The lowest BCUT2D eigenvalue weighted by Gasteiger charge is -2.06. The van der Waals surface area contributed by atoms with Crippen LogP contribution in [0.4, 0.5) is 0 Å². The van der Waals surface area contributed by atoms with Crippen LogP contribution in [0.1, 0.15) is 5.56 Å². The first-order valence-electron chi connectivity index (χ1n) is 5.81. The second-order valence-corrected chi connectivity index (χ2v) is 4.54. The van der Waals surface area contributed by atoms with Crippen LogP contribution in [0, 0.1) is 0 Å². The second kappa shape index (κ2) is 4.86. The highest BCUT2D eigenvalue weighted by Crippen LogP contribution is 2.31. The molecule has 1 N–H and O–H groups in total. The average molecular weight is 275 g/mol. The van der Waals surface area contributed by atoms with Crippen LogP contribution in [0.5, 0.6) is 11.5 Å². The van der Waals surface area contributed by atoms with Gasteiger partial charge in [0.1, 0.15) is 23.7 Å². The summed E-state index contributed by atoms with van der Waals surface area (Å²) in [6.07, 6.45) is 1.58. The standard InChI is InChI=1S/C15H11ClO3/c16-11-4-1-2-6-13(11)18-8-10-9-19-14-7-3-5-12(17)15(10)14/h1-7,9,17H,8H2. The van der Waals surface area contributed by atoms with E-state index in [1.807, 2.05) is 12.1 Å². The van der Waals surface area contributed by atoms with E-state index < -0.39 is 0 Å². The summed E-state index contributed by atoms with van der Waals surface area (Å²) < 4.78 is 11.0. The first kappa shape index (κ1) is 11.9. The highest BCUT2D eigenvalue weighted by molar-refractivity contribution is 6.32. The molecule has 0 radical (unpaired) electrons. The molecule has 3 aromatic rings. The van der Waals surface area contributed by atoms with Gasteiger partial charge in [-0.25, -0.2) is 0 Å². The number of benzene rings is 2. The number of hydrogen-bond donors (Lipinski definition) is 1. The lowest BCUT2D eigenvalue weighted by atomic mass is 10.1. The van der Waals surface area contributed by atoms with Crippen LogP contribution in [0.3, 0.4) is 0 Å². The maximum Gasteiger partial charge on any atom is 0.138 e. The number of fused-ring (bicyclic) bond motifs is 1. The van der Waals surface area contributed by atoms with Gasteiger partial charge in [0.25, 0.3) is 0 Å². The van der Waals surface area contributed by atoms with Crippen molar-refractivity contribution in [3.63, 3.8) is 0 Å². The van der Waals surface area contributed by atoms with Crippen molar-refractivity contribution in [2.75, 3.05) is 0 Å². The van der Waals surface area contributed by atoms with Crippen LogP contribution < -0.4 is 4.74 Å². The molecule has 0 bridgehead atoms. The number of phenolic OH excluding ortho intramolecular Hbond substituents is 1. The molecule has 2 aromatic carbocycles. The van der Waals surface area contributed by atoms with Crippen LogP contribution in [0.2, 0.25) is 5.02 Å². The Morgan fingerprint density at radius 1 is 1.11 bits per heavy atom. The fourth-order valence-electron chi connectivity index (χ4n) is 1.96. The van der Waals surface area contributed by atoms with Crippen LogP contribution in [-0.4, -0.2) is 5.11 Å². The smallest absolute Gasteiger partial charge is 0.138 e. The molecule has 19 heavy (non-hydrogen) atoms. The van der Waals surface area contributed by atoms with E-state index in [1.54, 1.807) is 36.6 Å². The van der Waals surface area contributed by atoms with Crippen molar-refractivity contribution in [2.24, 2.45) is 0 Å². The van der Waals surface area contributed by atoms with Gasteiger partial charge in [-0.2, -0.15) is 0 Å². The maximum atomic E-state index is 9.85. The molecule has 1 aromatic heterocycles. The normalized spacial score (nSPS) is 10.8. The minimum atomic E-state index is 0.184. The Hall–Kier alpha value is -2.13. The Kier molecular flexibility index (Phi) is 3.05. The third-order valence-electron chi connectivity index (χ3n) is 2.87. The molecule has 0 aliphatic rings. The number of para-hydroxylation sites is 1. The van der Waals surface area contributed by atoms with E-state index in [9.17, 15) is 5.11 Å². The van der Waals surface area contributed by atoms with E-state index in [1.165, 1.54) is 0 Å². The van der Waals surface area contributed by atoms with E-state index in [4.69, 9.17) is 20.8 Å². The summed E-state index contributed by atoms with van der Waals surface area (Å²) in [6.45, 7) is 0.286. The Labute approximate surface area is 115 Å². The van der Waals surface area contributed by atoms with Crippen molar-refractivity contribution < 1.29 is 14.3 Å². The van der Waals surface area contributed by atoms with Gasteiger partial charge in [-0.1, -0.05) is 29.8 Å². The van der Waals surface area contributed by atoms with E-state index in [0.29, 0.717) is 21.7 Å². The van der Waals surface area contributed by atoms with E-state index in [-0.39, 0.29) is 12.4 Å². The quantitative estimate of drug-likeness (QED) is 0.771. The molecule has 0 saturated heterocycles. The van der Waals surface area contributed by atoms with Crippen LogP contribution in [0.15, 0.2) is 53.1 Å². The first-order valence-corrected chi connectivity index (χ1v) is 6.19. The monoisotopic (exact) mass is 274 g/mol. The summed E-state index contributed by atoms with van der Waals surface area (Å²) in [4.78, 5) is 0. The molecule has 0 aliphatic heterocycles. The number of rotatable bonds is 3. The molecule has 0 fully saturated rings. The van der Waals surface area contributed by atoms with Crippen molar-refractivity contribution in [3.8, 4) is 11.5 Å². The van der Waals surface area contributed by atoms with Gasteiger partial charge in [0.15, 0.2) is 0 Å². The predicted molar refractivity (Wildman–Crippen MR) is 73.7 cm³/mol. The number of furan rings is 1. The summed E-state index contributed by atoms with van der Waals surface area (Å²) in [6, 6.07) is 12.4. The van der Waals surface area contributed by atoms with Crippen molar-refractivity contribution in [2.45, 2.75) is 6.61 Å². The molecule has 0 aliphatic carbocycles. The molecular weight excluding hydrogens is 264 g/mol. The summed E-state index contributed by atoms with van der Waals surface area (Å²) in [7, 11) is 0. The minimum Gasteiger partial charge on any atom is -0.507 e. The molecular formula is C15H11ClO3. The molecule has 96 valence electrons. The van der Waals surface area contributed by atoms with Gasteiger partial charge >= 0.3 is 0 Å². The van der Waals surface area contributed by atoms with E-state index in [2.05, 4.69) is 0 Å². The maximum absolute atomic E-state index is 9.85. The van der Waals surface area contributed by atoms with Crippen molar-refractivity contribution in [1.82, 2.24) is 0 Å². The molecule has 0 unspecified atom stereocenters. The zero-order valence-corrected chi connectivity index (χ0v) is 10.7. The lowest BCUT2D eigenvalue weighted by Crippen LogP contribution is -1.94. The van der Waals surface area contributed by atoms with Crippen molar-refractivity contribution in [3.05, 3.63) is 59.3 Å². The van der Waals surface area contributed by atoms with Gasteiger partial charge < -0.3 is 14.3 Å². The van der Waals surface area contributed by atoms with Crippen LogP contribution >= 0.6 is 11.6 Å². The summed E-state index contributed by atoms with van der Waals surface area (Å²) in [5, 5.41) is 11.1. The highest BCUT2D eigenvalue weighted by Gasteiger charge is 2.11. The van der Waals surface area contributed by atoms with Crippen LogP contribution in [0.25, 0.3) is 11.0 Å². The molecule has 0 saturated carbocycles. The Balaban J connectivity index is 1.89. The Morgan fingerprint density at radius 2 is 1.95 bits per heavy atom. The van der Waals surface area contributed by atoms with Crippen molar-refractivity contribution >= 4 is 22.6 Å². The Morgan fingerprint density at radius 3 is 2.79 bits per heavy atom. The zero-order chi connectivity index (χ0) is 13.2. The van der Waals surface area contributed by atoms with E-state index >= 15 is 0 Å². The minimum absolute atomic E-state index is 0.184. The van der Waals surface area contributed by atoms with Crippen molar-refractivity contribution in [1.29, 1.82) is 0 Å². The molecule has 3 rings (SSSR count). The first-order chi connectivity index (χ1) is 9.25. The largest absolute Gasteiger partial charge is 0.507 e. The number of aromatic hydroxyl groups is 1. The fourth-order valence-corrected chi connectivity index (χ4v) is 2.15. The number of ether oxygens (including phenoxy) is 1. The fraction of sp³-hybridized carbons (Fsp3) is 0.0667. The molecule has 1 heterocycles. The molecule has 0 spiro atoms. The summed E-state index contributed by atoms with van der Waals surface area (Å²) in [5.41, 5.74) is 1.42. The van der Waals surface area contributed by atoms with E-state index in [0.717, 1.165) is 5.56 Å². The van der Waals surface area contributed by atoms with Gasteiger partial charge in [0, 0.05) is 5.56 Å². The van der Waals surface area contributed by atoms with Gasteiger partial charge in [0.05, 0.1) is 16.7 Å². The van der Waals surface area contributed by atoms with Gasteiger partial charge in [-0.15, -0.1) is 0 Å². The number of halogens is 1. The topological polar surface area (TPSA) is 42.6 Å². The van der Waals surface area contributed by atoms with Gasteiger partial charge in [0.2, 0.25) is 0 Å². The van der Waals surface area contributed by atoms with Gasteiger partial charge in [-0.3, -0.25) is 0 Å². The number of phenols is 1. The van der Waals surface area contributed by atoms with Gasteiger partial charge in [-0.05, 0) is 24.3 Å². The SMILES string of the molecule is Oc1cccc2occ(COc3ccccc3Cl)c12. The number of hydrogen-bond acceptors (Lipinski definition) is 3. The lowest BCUT2D eigenvalue weighted by molar-refractivity contribution is 0.306. The Bertz CT molecular complexity index is 718. The van der Waals surface area contributed by atoms with Crippen LogP contribution in [-0.2, 0) is 6.61 Å². The summed E-state index contributed by atoms with van der Waals surface area (Å²) in [5.74, 6) is 0.790. The second-order valence-electron chi connectivity index (χ2n) is 4.13.